The van der Waals surface area contributed by atoms with Gasteiger partial charge in [0.15, 0.2) is 0 Å². The Bertz CT molecular complexity index is 550. The first-order valence-corrected chi connectivity index (χ1v) is 8.59. The van der Waals surface area contributed by atoms with Gasteiger partial charge >= 0.3 is 0 Å². The summed E-state index contributed by atoms with van der Waals surface area (Å²) in [5.74, 6) is 2.17. The van der Waals surface area contributed by atoms with Crippen LogP contribution in [0.2, 0.25) is 0 Å². The molecule has 3 atom stereocenters. The third-order valence-electron chi connectivity index (χ3n) is 4.75. The number of aryl methyl sites for hydroxylation is 1. The summed E-state index contributed by atoms with van der Waals surface area (Å²) < 4.78 is 27.2. The van der Waals surface area contributed by atoms with Crippen LogP contribution in [0.25, 0.3) is 0 Å². The average molecular weight is 279 g/mol. The summed E-state index contributed by atoms with van der Waals surface area (Å²) in [6, 6.07) is 7.04. The van der Waals surface area contributed by atoms with Crippen LogP contribution in [0.1, 0.15) is 31.2 Å². The van der Waals surface area contributed by atoms with Crippen LogP contribution in [-0.2, 0) is 10.0 Å². The number of nitrogens with one attached hydrogen (secondary N) is 1. The van der Waals surface area contributed by atoms with E-state index >= 15 is 0 Å². The van der Waals surface area contributed by atoms with Crippen molar-refractivity contribution in [3.05, 3.63) is 29.8 Å². The summed E-state index contributed by atoms with van der Waals surface area (Å²) >= 11 is 0. The van der Waals surface area contributed by atoms with E-state index in [4.69, 9.17) is 0 Å². The van der Waals surface area contributed by atoms with E-state index in [1.165, 1.54) is 25.7 Å². The van der Waals surface area contributed by atoms with Crippen LogP contribution in [0.15, 0.2) is 29.2 Å². The minimum absolute atomic E-state index is 0.376. The summed E-state index contributed by atoms with van der Waals surface area (Å²) in [6.45, 7) is 2.57. The maximum absolute atomic E-state index is 12.2. The number of hydrogen-bond acceptors (Lipinski definition) is 2. The number of sulfonamides is 1. The molecule has 0 radical (unpaired) electrons. The largest absolute Gasteiger partial charge is 0.240 e. The van der Waals surface area contributed by atoms with Crippen molar-refractivity contribution in [2.75, 3.05) is 6.54 Å². The SMILES string of the molecule is Cc1ccc(S(=O)(=O)NC[C@H]2C[C@H]3CC[C@@H]2C3)cc1. The fourth-order valence-electron chi connectivity index (χ4n) is 3.64. The maximum Gasteiger partial charge on any atom is 0.240 e. The van der Waals surface area contributed by atoms with Crippen molar-refractivity contribution in [1.82, 2.24) is 4.72 Å². The standard InChI is InChI=1S/C15H21NO2S/c1-11-2-6-15(7-3-11)19(17,18)16-10-14-9-12-4-5-13(14)8-12/h2-3,6-7,12-14,16H,4-5,8-10H2,1H3/t12-,13+,14+/m0/s1. The second-order valence-corrected chi connectivity index (χ2v) is 7.87. The Labute approximate surface area is 115 Å². The molecule has 0 aromatic heterocycles. The van der Waals surface area contributed by atoms with Gasteiger partial charge in [-0.25, -0.2) is 13.1 Å². The monoisotopic (exact) mass is 279 g/mol. The number of hydrogen-bond donors (Lipinski definition) is 1. The van der Waals surface area contributed by atoms with Crippen molar-refractivity contribution in [1.29, 1.82) is 0 Å². The van der Waals surface area contributed by atoms with E-state index in [1.807, 2.05) is 19.1 Å². The van der Waals surface area contributed by atoms with E-state index in [0.29, 0.717) is 17.4 Å². The molecule has 2 saturated carbocycles. The lowest BCUT2D eigenvalue weighted by Crippen LogP contribution is -2.31. The molecular weight excluding hydrogens is 258 g/mol. The molecule has 0 unspecified atom stereocenters. The van der Waals surface area contributed by atoms with Gasteiger partial charge in [0.25, 0.3) is 0 Å². The van der Waals surface area contributed by atoms with Crippen LogP contribution in [0.5, 0.6) is 0 Å². The smallest absolute Gasteiger partial charge is 0.211 e. The van der Waals surface area contributed by atoms with Gasteiger partial charge < -0.3 is 0 Å². The molecule has 0 aliphatic heterocycles. The molecule has 2 bridgehead atoms. The van der Waals surface area contributed by atoms with Crippen LogP contribution in [-0.4, -0.2) is 15.0 Å². The van der Waals surface area contributed by atoms with Gasteiger partial charge in [-0.1, -0.05) is 24.1 Å². The first-order valence-electron chi connectivity index (χ1n) is 7.11. The van der Waals surface area contributed by atoms with E-state index in [-0.39, 0.29) is 0 Å². The summed E-state index contributed by atoms with van der Waals surface area (Å²) in [6.07, 6.45) is 5.17. The van der Waals surface area contributed by atoms with Crippen LogP contribution >= 0.6 is 0 Å². The molecular formula is C15H21NO2S. The summed E-state index contributed by atoms with van der Waals surface area (Å²) in [4.78, 5) is 0.376. The fraction of sp³-hybridized carbons (Fsp3) is 0.600. The number of rotatable bonds is 4. The Hall–Kier alpha value is -0.870. The molecule has 19 heavy (non-hydrogen) atoms. The van der Waals surface area contributed by atoms with E-state index in [2.05, 4.69) is 4.72 Å². The van der Waals surface area contributed by atoms with Gasteiger partial charge in [-0.15, -0.1) is 0 Å². The van der Waals surface area contributed by atoms with Crippen LogP contribution in [0.4, 0.5) is 0 Å². The minimum Gasteiger partial charge on any atom is -0.211 e. The lowest BCUT2D eigenvalue weighted by atomic mass is 9.89. The lowest BCUT2D eigenvalue weighted by Gasteiger charge is -2.21. The Balaban J connectivity index is 1.64. The Morgan fingerprint density at radius 3 is 2.47 bits per heavy atom. The molecule has 0 spiro atoms. The molecule has 104 valence electrons. The summed E-state index contributed by atoms with van der Waals surface area (Å²) in [5, 5.41) is 0. The highest BCUT2D eigenvalue weighted by Crippen LogP contribution is 2.48. The molecule has 4 heteroatoms. The highest BCUT2D eigenvalue weighted by atomic mass is 32.2. The van der Waals surface area contributed by atoms with Gasteiger partial charge in [0, 0.05) is 6.54 Å². The van der Waals surface area contributed by atoms with Gasteiger partial charge in [0.05, 0.1) is 4.90 Å². The van der Waals surface area contributed by atoms with Gasteiger partial charge in [-0.3, -0.25) is 0 Å². The highest BCUT2D eigenvalue weighted by molar-refractivity contribution is 7.89. The third kappa shape index (κ3) is 2.70. The number of benzene rings is 1. The summed E-state index contributed by atoms with van der Waals surface area (Å²) in [5.41, 5.74) is 1.08. The fourth-order valence-corrected chi connectivity index (χ4v) is 4.74. The van der Waals surface area contributed by atoms with Crippen molar-refractivity contribution in [2.24, 2.45) is 17.8 Å². The molecule has 2 fully saturated rings. The predicted molar refractivity (Wildman–Crippen MR) is 75.3 cm³/mol. The van der Waals surface area contributed by atoms with Crippen LogP contribution in [0.3, 0.4) is 0 Å². The second-order valence-electron chi connectivity index (χ2n) is 6.10. The minimum atomic E-state index is -3.33. The predicted octanol–water partition coefficient (Wildman–Crippen LogP) is 2.71. The molecule has 3 nitrogen and oxygen atoms in total. The topological polar surface area (TPSA) is 46.2 Å². The van der Waals surface area contributed by atoms with Crippen LogP contribution in [0, 0.1) is 24.7 Å². The molecule has 1 aromatic carbocycles. The molecule has 1 aromatic rings. The van der Waals surface area contributed by atoms with Gasteiger partial charge in [-0.05, 0) is 56.1 Å². The quantitative estimate of drug-likeness (QED) is 0.921. The molecule has 0 heterocycles. The van der Waals surface area contributed by atoms with E-state index in [0.717, 1.165) is 17.4 Å². The Kier molecular flexibility index (Phi) is 3.39. The zero-order valence-electron chi connectivity index (χ0n) is 11.3. The number of fused-ring (bicyclic) bond motifs is 2. The van der Waals surface area contributed by atoms with Gasteiger partial charge in [0.1, 0.15) is 0 Å². The maximum atomic E-state index is 12.2. The molecule has 2 aliphatic rings. The third-order valence-corrected chi connectivity index (χ3v) is 6.19. The zero-order valence-corrected chi connectivity index (χ0v) is 12.1. The average Bonchev–Trinajstić information content (AvgIpc) is 2.99. The summed E-state index contributed by atoms with van der Waals surface area (Å²) in [7, 11) is -3.33. The first-order chi connectivity index (χ1) is 9.04. The van der Waals surface area contributed by atoms with Crippen LogP contribution < -0.4 is 4.72 Å². The Morgan fingerprint density at radius 1 is 1.16 bits per heavy atom. The van der Waals surface area contributed by atoms with E-state index < -0.39 is 10.0 Å². The lowest BCUT2D eigenvalue weighted by molar-refractivity contribution is 0.333. The van der Waals surface area contributed by atoms with Crippen molar-refractivity contribution >= 4 is 10.0 Å². The first kappa shape index (κ1) is 13.1. The van der Waals surface area contributed by atoms with Gasteiger partial charge in [-0.2, -0.15) is 0 Å². The van der Waals surface area contributed by atoms with E-state index in [1.54, 1.807) is 12.1 Å². The van der Waals surface area contributed by atoms with Gasteiger partial charge in [0.2, 0.25) is 10.0 Å². The second kappa shape index (κ2) is 4.91. The highest BCUT2D eigenvalue weighted by Gasteiger charge is 2.39. The van der Waals surface area contributed by atoms with Crippen molar-refractivity contribution < 1.29 is 8.42 Å². The molecule has 0 amide bonds. The van der Waals surface area contributed by atoms with E-state index in [9.17, 15) is 8.42 Å². The Morgan fingerprint density at radius 2 is 1.89 bits per heavy atom. The normalized spacial score (nSPS) is 29.8. The van der Waals surface area contributed by atoms with Crippen molar-refractivity contribution in [2.45, 2.75) is 37.5 Å². The molecule has 1 N–H and O–H groups in total. The molecule has 2 aliphatic carbocycles. The van der Waals surface area contributed by atoms with Crippen molar-refractivity contribution in [3.8, 4) is 0 Å². The molecule has 3 rings (SSSR count). The van der Waals surface area contributed by atoms with Crippen molar-refractivity contribution in [3.63, 3.8) is 0 Å². The zero-order chi connectivity index (χ0) is 13.5. The molecule has 0 saturated heterocycles.